The molecular weight excluding hydrogens is 421 g/mol. The van der Waals surface area contributed by atoms with Crippen LogP contribution in [0.2, 0.25) is 0 Å². The number of rotatable bonds is 8. The second-order valence-corrected chi connectivity index (χ2v) is 8.87. The van der Waals surface area contributed by atoms with Crippen LogP contribution in [-0.4, -0.2) is 43.7 Å². The van der Waals surface area contributed by atoms with Crippen LogP contribution in [0.4, 0.5) is 0 Å². The maximum Gasteiger partial charge on any atom is 0.220 e. The van der Waals surface area contributed by atoms with Gasteiger partial charge in [0.25, 0.3) is 0 Å². The molecule has 5 nitrogen and oxygen atoms in total. The first-order chi connectivity index (χ1) is 13.8. The van der Waals surface area contributed by atoms with Crippen molar-refractivity contribution in [1.82, 2.24) is 16.0 Å². The van der Waals surface area contributed by atoms with E-state index in [-0.39, 0.29) is 42.9 Å². The minimum absolute atomic E-state index is 0. The van der Waals surface area contributed by atoms with Gasteiger partial charge < -0.3 is 20.7 Å². The van der Waals surface area contributed by atoms with Crippen molar-refractivity contribution in [3.05, 3.63) is 35.9 Å². The number of fused-ring (bicyclic) bond motifs is 2. The summed E-state index contributed by atoms with van der Waals surface area (Å²) in [5, 5.41) is 10.5. The van der Waals surface area contributed by atoms with Gasteiger partial charge in [-0.15, -0.1) is 24.8 Å². The highest BCUT2D eigenvalue weighted by Gasteiger charge is 2.33. The van der Waals surface area contributed by atoms with Crippen LogP contribution in [0.3, 0.4) is 0 Å². The summed E-state index contributed by atoms with van der Waals surface area (Å²) in [6, 6.07) is 11.0. The van der Waals surface area contributed by atoms with Crippen molar-refractivity contribution >= 4 is 30.7 Å². The van der Waals surface area contributed by atoms with Crippen LogP contribution in [0.15, 0.2) is 30.3 Å². The zero-order chi connectivity index (χ0) is 19.2. The molecule has 30 heavy (non-hydrogen) atoms. The van der Waals surface area contributed by atoms with E-state index in [0.717, 1.165) is 63.6 Å². The van der Waals surface area contributed by atoms with E-state index in [1.54, 1.807) is 0 Å². The Bertz CT molecular complexity index is 634. The van der Waals surface area contributed by atoms with E-state index in [9.17, 15) is 4.79 Å². The Labute approximate surface area is 193 Å². The molecule has 1 aromatic carbocycles. The zero-order valence-electron chi connectivity index (χ0n) is 17.7. The summed E-state index contributed by atoms with van der Waals surface area (Å²) in [6.07, 6.45) is 7.40. The molecule has 5 atom stereocenters. The summed E-state index contributed by atoms with van der Waals surface area (Å²) < 4.78 is 6.12. The molecule has 2 saturated heterocycles. The quantitative estimate of drug-likeness (QED) is 0.559. The van der Waals surface area contributed by atoms with E-state index >= 15 is 0 Å². The maximum atomic E-state index is 12.5. The molecule has 3 N–H and O–H groups in total. The molecule has 7 heteroatoms. The van der Waals surface area contributed by atoms with Gasteiger partial charge in [-0.1, -0.05) is 30.3 Å². The topological polar surface area (TPSA) is 62.4 Å². The standard InChI is InChI=1S/C23H35N3O2.2ClH/c27-23(11-5-8-20-19-12-18(14-25-20)13-24-15-19)26-21-9-4-10-22(21)28-16-17-6-2-1-3-7-17;;/h1-3,6-7,18-22,24-25H,4-5,8-16H2,(H,26,27);2*1H/t18-,19+,20-,21+,22+;;/m0../s1. The summed E-state index contributed by atoms with van der Waals surface area (Å²) in [4.78, 5) is 12.5. The minimum atomic E-state index is 0. The Kier molecular flexibility index (Phi) is 10.9. The second kappa shape index (κ2) is 12.9. The van der Waals surface area contributed by atoms with Crippen molar-refractivity contribution in [2.45, 2.75) is 69.7 Å². The highest BCUT2D eigenvalue weighted by Crippen LogP contribution is 2.27. The lowest BCUT2D eigenvalue weighted by Gasteiger charge is -2.41. The number of benzene rings is 1. The predicted octanol–water partition coefficient (Wildman–Crippen LogP) is 3.45. The molecule has 2 aliphatic heterocycles. The molecule has 1 aromatic rings. The number of hydrogen-bond acceptors (Lipinski definition) is 4. The average molecular weight is 458 g/mol. The molecular formula is C23H37Cl2N3O2. The lowest BCUT2D eigenvalue weighted by Crippen LogP contribution is -2.54. The summed E-state index contributed by atoms with van der Waals surface area (Å²) >= 11 is 0. The van der Waals surface area contributed by atoms with Gasteiger partial charge in [-0.3, -0.25) is 4.79 Å². The van der Waals surface area contributed by atoms with Gasteiger partial charge in [0, 0.05) is 12.5 Å². The fourth-order valence-electron chi connectivity index (χ4n) is 5.18. The summed E-state index contributed by atoms with van der Waals surface area (Å²) in [5.41, 5.74) is 1.19. The number of carbonyl (C=O) groups is 1. The van der Waals surface area contributed by atoms with Crippen LogP contribution in [0.25, 0.3) is 0 Å². The molecule has 3 aliphatic rings. The van der Waals surface area contributed by atoms with Gasteiger partial charge in [-0.25, -0.2) is 0 Å². The molecule has 0 aromatic heterocycles. The second-order valence-electron chi connectivity index (χ2n) is 8.87. The van der Waals surface area contributed by atoms with Gasteiger partial charge in [0.2, 0.25) is 5.91 Å². The molecule has 3 fully saturated rings. The number of hydrogen-bond donors (Lipinski definition) is 3. The lowest BCUT2D eigenvalue weighted by atomic mass is 9.80. The Hall–Kier alpha value is -0.850. The van der Waals surface area contributed by atoms with E-state index in [2.05, 4.69) is 28.1 Å². The third-order valence-electron chi connectivity index (χ3n) is 6.74. The Morgan fingerprint density at radius 3 is 2.77 bits per heavy atom. The van der Waals surface area contributed by atoms with E-state index in [0.29, 0.717) is 19.1 Å². The van der Waals surface area contributed by atoms with Crippen molar-refractivity contribution < 1.29 is 9.53 Å². The number of piperidine rings is 2. The van der Waals surface area contributed by atoms with Gasteiger partial charge >= 0.3 is 0 Å². The van der Waals surface area contributed by atoms with Crippen LogP contribution < -0.4 is 16.0 Å². The molecule has 2 bridgehead atoms. The van der Waals surface area contributed by atoms with E-state index in [4.69, 9.17) is 4.74 Å². The van der Waals surface area contributed by atoms with Gasteiger partial charge in [0.05, 0.1) is 18.8 Å². The SMILES string of the molecule is Cl.Cl.O=C(CCC[C@@H]1NC[C@@H]2CNC[C@H]1C2)N[C@@H]1CCC[C@H]1OCc1ccccc1. The average Bonchev–Trinajstić information content (AvgIpc) is 3.16. The third kappa shape index (κ3) is 7.10. The highest BCUT2D eigenvalue weighted by atomic mass is 35.5. The van der Waals surface area contributed by atoms with Crippen LogP contribution in [0, 0.1) is 11.8 Å². The van der Waals surface area contributed by atoms with Crippen molar-refractivity contribution in [3.63, 3.8) is 0 Å². The first kappa shape index (κ1) is 25.4. The van der Waals surface area contributed by atoms with Crippen LogP contribution >= 0.6 is 24.8 Å². The number of amides is 1. The fourth-order valence-corrected chi connectivity index (χ4v) is 5.18. The van der Waals surface area contributed by atoms with Crippen molar-refractivity contribution in [2.24, 2.45) is 11.8 Å². The zero-order valence-corrected chi connectivity index (χ0v) is 19.3. The molecule has 1 amide bonds. The van der Waals surface area contributed by atoms with E-state index in [1.807, 2.05) is 18.2 Å². The summed E-state index contributed by atoms with van der Waals surface area (Å²) in [5.74, 6) is 1.73. The van der Waals surface area contributed by atoms with E-state index in [1.165, 1.54) is 12.0 Å². The van der Waals surface area contributed by atoms with Gasteiger partial charge in [0.15, 0.2) is 0 Å². The van der Waals surface area contributed by atoms with Gasteiger partial charge in [0.1, 0.15) is 0 Å². The Morgan fingerprint density at radius 2 is 1.93 bits per heavy atom. The number of halogens is 2. The largest absolute Gasteiger partial charge is 0.371 e. The van der Waals surface area contributed by atoms with Gasteiger partial charge in [-0.05, 0) is 75.6 Å². The maximum absolute atomic E-state index is 12.5. The third-order valence-corrected chi connectivity index (χ3v) is 6.74. The Balaban J connectivity index is 0.00000160. The first-order valence-corrected chi connectivity index (χ1v) is 11.2. The molecule has 170 valence electrons. The molecule has 4 rings (SSSR count). The van der Waals surface area contributed by atoms with Gasteiger partial charge in [-0.2, -0.15) is 0 Å². The summed E-state index contributed by atoms with van der Waals surface area (Å²) in [6.45, 7) is 4.04. The predicted molar refractivity (Wildman–Crippen MR) is 125 cm³/mol. The molecule has 1 saturated carbocycles. The van der Waals surface area contributed by atoms with Crippen LogP contribution in [0.1, 0.15) is 50.5 Å². The molecule has 0 spiro atoms. The Morgan fingerprint density at radius 1 is 1.10 bits per heavy atom. The highest BCUT2D eigenvalue weighted by molar-refractivity contribution is 5.85. The molecule has 2 heterocycles. The molecule has 1 aliphatic carbocycles. The van der Waals surface area contributed by atoms with Crippen molar-refractivity contribution in [1.29, 1.82) is 0 Å². The van der Waals surface area contributed by atoms with Crippen LogP contribution in [0.5, 0.6) is 0 Å². The number of nitrogens with one attached hydrogen (secondary N) is 3. The molecule has 0 radical (unpaired) electrons. The monoisotopic (exact) mass is 457 g/mol. The van der Waals surface area contributed by atoms with Crippen molar-refractivity contribution in [3.8, 4) is 0 Å². The molecule has 0 unspecified atom stereocenters. The lowest BCUT2D eigenvalue weighted by molar-refractivity contribution is -0.123. The van der Waals surface area contributed by atoms with Crippen molar-refractivity contribution in [2.75, 3.05) is 19.6 Å². The first-order valence-electron chi connectivity index (χ1n) is 11.2. The smallest absolute Gasteiger partial charge is 0.220 e. The minimum Gasteiger partial charge on any atom is -0.371 e. The van der Waals surface area contributed by atoms with Crippen LogP contribution in [-0.2, 0) is 16.1 Å². The number of carbonyl (C=O) groups excluding carboxylic acids is 1. The summed E-state index contributed by atoms with van der Waals surface area (Å²) in [7, 11) is 0. The normalized spacial score (nSPS) is 30.1. The number of ether oxygens (including phenoxy) is 1. The van der Waals surface area contributed by atoms with E-state index < -0.39 is 0 Å². The fraction of sp³-hybridized carbons (Fsp3) is 0.696.